The SMILES string of the molecule is C#CC(=O)C[C@@H]1CCN(C(=O)OC(C)(C)C)C1. The Morgan fingerprint density at radius 1 is 1.47 bits per heavy atom. The summed E-state index contributed by atoms with van der Waals surface area (Å²) in [6.45, 7) is 6.70. The summed E-state index contributed by atoms with van der Waals surface area (Å²) in [7, 11) is 0. The zero-order valence-electron chi connectivity index (χ0n) is 10.7. The Morgan fingerprint density at radius 2 is 2.12 bits per heavy atom. The molecule has 1 fully saturated rings. The van der Waals surface area contributed by atoms with Crippen LogP contribution in [0.1, 0.15) is 33.6 Å². The number of ether oxygens (including phenoxy) is 1. The maximum Gasteiger partial charge on any atom is 0.410 e. The minimum absolute atomic E-state index is 0.172. The van der Waals surface area contributed by atoms with E-state index >= 15 is 0 Å². The van der Waals surface area contributed by atoms with E-state index < -0.39 is 5.60 Å². The Hall–Kier alpha value is -1.50. The lowest BCUT2D eigenvalue weighted by Crippen LogP contribution is -2.35. The highest BCUT2D eigenvalue weighted by Crippen LogP contribution is 2.21. The number of amides is 1. The molecule has 1 rings (SSSR count). The highest BCUT2D eigenvalue weighted by molar-refractivity contribution is 5.95. The van der Waals surface area contributed by atoms with Gasteiger partial charge in [-0.15, -0.1) is 6.42 Å². The van der Waals surface area contributed by atoms with E-state index in [1.165, 1.54) is 0 Å². The fraction of sp³-hybridized carbons (Fsp3) is 0.692. The van der Waals surface area contributed by atoms with Crippen LogP contribution in [0.3, 0.4) is 0 Å². The van der Waals surface area contributed by atoms with Crippen molar-refractivity contribution in [1.82, 2.24) is 4.90 Å². The van der Waals surface area contributed by atoms with E-state index in [0.717, 1.165) is 6.42 Å². The summed E-state index contributed by atoms with van der Waals surface area (Å²) in [5.41, 5.74) is -0.482. The van der Waals surface area contributed by atoms with Gasteiger partial charge in [-0.1, -0.05) is 0 Å². The van der Waals surface area contributed by atoms with Gasteiger partial charge in [0.25, 0.3) is 0 Å². The topological polar surface area (TPSA) is 46.6 Å². The third-order valence-corrected chi connectivity index (χ3v) is 2.57. The first-order chi connectivity index (χ1) is 7.81. The van der Waals surface area contributed by atoms with E-state index in [2.05, 4.69) is 5.92 Å². The smallest absolute Gasteiger partial charge is 0.410 e. The van der Waals surface area contributed by atoms with Gasteiger partial charge in [0.1, 0.15) is 5.60 Å². The summed E-state index contributed by atoms with van der Waals surface area (Å²) in [4.78, 5) is 24.5. The molecule has 0 bridgehead atoms. The minimum atomic E-state index is -0.482. The van der Waals surface area contributed by atoms with Crippen LogP contribution in [0.5, 0.6) is 0 Å². The van der Waals surface area contributed by atoms with Crippen molar-refractivity contribution in [2.45, 2.75) is 39.2 Å². The fourth-order valence-electron chi connectivity index (χ4n) is 1.81. The Morgan fingerprint density at radius 3 is 2.65 bits per heavy atom. The number of ketones is 1. The summed E-state index contributed by atoms with van der Waals surface area (Å²) in [6, 6.07) is 0. The molecule has 0 saturated carbocycles. The van der Waals surface area contributed by atoms with Gasteiger partial charge in [0.15, 0.2) is 0 Å². The van der Waals surface area contributed by atoms with Crippen LogP contribution in [0.15, 0.2) is 0 Å². The molecule has 94 valence electrons. The normalized spacial score (nSPS) is 19.9. The molecule has 0 spiro atoms. The lowest BCUT2D eigenvalue weighted by atomic mass is 10.0. The summed E-state index contributed by atoms with van der Waals surface area (Å²) < 4.78 is 5.26. The van der Waals surface area contributed by atoms with E-state index in [1.807, 2.05) is 20.8 Å². The second-order valence-electron chi connectivity index (χ2n) is 5.35. The van der Waals surface area contributed by atoms with Gasteiger partial charge in [-0.3, -0.25) is 4.79 Å². The number of terminal acetylenes is 1. The first-order valence-electron chi connectivity index (χ1n) is 5.79. The highest BCUT2D eigenvalue weighted by Gasteiger charge is 2.30. The zero-order chi connectivity index (χ0) is 13.1. The maximum absolute atomic E-state index is 11.7. The van der Waals surface area contributed by atoms with Crippen molar-refractivity contribution in [3.8, 4) is 12.3 Å². The van der Waals surface area contributed by atoms with Crippen LogP contribution < -0.4 is 0 Å². The van der Waals surface area contributed by atoms with Crippen molar-refractivity contribution in [2.24, 2.45) is 5.92 Å². The summed E-state index contributed by atoms with van der Waals surface area (Å²) in [5, 5.41) is 0. The van der Waals surface area contributed by atoms with Crippen molar-refractivity contribution < 1.29 is 14.3 Å². The number of rotatable bonds is 2. The third kappa shape index (κ3) is 4.48. The van der Waals surface area contributed by atoms with E-state index in [1.54, 1.807) is 4.90 Å². The van der Waals surface area contributed by atoms with Crippen molar-refractivity contribution in [1.29, 1.82) is 0 Å². The number of carbonyl (C=O) groups is 2. The van der Waals surface area contributed by atoms with Crippen LogP contribution in [0.4, 0.5) is 4.79 Å². The number of carbonyl (C=O) groups excluding carboxylic acids is 2. The van der Waals surface area contributed by atoms with Gasteiger partial charge in [0.2, 0.25) is 5.78 Å². The average Bonchev–Trinajstić information content (AvgIpc) is 2.63. The predicted octanol–water partition coefficient (Wildman–Crippen LogP) is 1.84. The number of hydrogen-bond donors (Lipinski definition) is 0. The summed E-state index contributed by atoms with van der Waals surface area (Å²) in [6.07, 6.45) is 5.88. The molecule has 0 aromatic heterocycles. The molecule has 0 radical (unpaired) electrons. The van der Waals surface area contributed by atoms with Gasteiger partial charge in [-0.25, -0.2) is 4.79 Å². The van der Waals surface area contributed by atoms with Crippen molar-refractivity contribution >= 4 is 11.9 Å². The average molecular weight is 237 g/mol. The molecule has 1 atom stereocenters. The Balaban J connectivity index is 2.43. The van der Waals surface area contributed by atoms with Gasteiger partial charge in [-0.2, -0.15) is 0 Å². The standard InChI is InChI=1S/C13H19NO3/c1-5-11(15)8-10-6-7-14(9-10)12(16)17-13(2,3)4/h1,10H,6-9H2,2-4H3/t10-/m0/s1. The van der Waals surface area contributed by atoms with Crippen molar-refractivity contribution in [3.05, 3.63) is 0 Å². The molecule has 17 heavy (non-hydrogen) atoms. The molecular formula is C13H19NO3. The van der Waals surface area contributed by atoms with Crippen LogP contribution in [0, 0.1) is 18.3 Å². The van der Waals surface area contributed by atoms with Crippen LogP contribution in [0.2, 0.25) is 0 Å². The molecule has 1 saturated heterocycles. The molecule has 1 amide bonds. The molecule has 0 aliphatic carbocycles. The summed E-state index contributed by atoms with van der Waals surface area (Å²) in [5.74, 6) is 2.08. The Labute approximate surface area is 102 Å². The molecule has 0 unspecified atom stereocenters. The first kappa shape index (κ1) is 13.6. The molecule has 1 heterocycles. The number of Topliss-reactive ketones (excluding diaryl/α,β-unsaturated/α-hetero) is 1. The highest BCUT2D eigenvalue weighted by atomic mass is 16.6. The number of likely N-dealkylation sites (tertiary alicyclic amines) is 1. The third-order valence-electron chi connectivity index (χ3n) is 2.57. The van der Waals surface area contributed by atoms with E-state index in [0.29, 0.717) is 19.5 Å². The molecular weight excluding hydrogens is 218 g/mol. The molecule has 4 heteroatoms. The largest absolute Gasteiger partial charge is 0.444 e. The molecule has 1 aliphatic rings. The van der Waals surface area contributed by atoms with Gasteiger partial charge in [0.05, 0.1) is 0 Å². The number of nitrogens with zero attached hydrogens (tertiary/aromatic N) is 1. The lowest BCUT2D eigenvalue weighted by Gasteiger charge is -2.24. The summed E-state index contributed by atoms with van der Waals surface area (Å²) >= 11 is 0. The molecule has 0 aromatic carbocycles. The maximum atomic E-state index is 11.7. The molecule has 0 aromatic rings. The molecule has 0 N–H and O–H groups in total. The zero-order valence-corrected chi connectivity index (χ0v) is 10.7. The van der Waals surface area contributed by atoms with Crippen LogP contribution in [-0.4, -0.2) is 35.5 Å². The van der Waals surface area contributed by atoms with Crippen LogP contribution in [-0.2, 0) is 9.53 Å². The first-order valence-corrected chi connectivity index (χ1v) is 5.79. The second kappa shape index (κ2) is 5.22. The van der Waals surface area contributed by atoms with E-state index in [-0.39, 0.29) is 17.8 Å². The minimum Gasteiger partial charge on any atom is -0.444 e. The van der Waals surface area contributed by atoms with Crippen molar-refractivity contribution in [2.75, 3.05) is 13.1 Å². The van der Waals surface area contributed by atoms with Crippen LogP contribution in [0.25, 0.3) is 0 Å². The monoisotopic (exact) mass is 237 g/mol. The second-order valence-corrected chi connectivity index (χ2v) is 5.35. The van der Waals surface area contributed by atoms with Gasteiger partial charge < -0.3 is 9.64 Å². The van der Waals surface area contributed by atoms with Gasteiger partial charge >= 0.3 is 6.09 Å². The van der Waals surface area contributed by atoms with Gasteiger partial charge in [0, 0.05) is 19.5 Å². The quantitative estimate of drug-likeness (QED) is 0.544. The predicted molar refractivity (Wildman–Crippen MR) is 64.4 cm³/mol. The van der Waals surface area contributed by atoms with E-state index in [4.69, 9.17) is 11.2 Å². The lowest BCUT2D eigenvalue weighted by molar-refractivity contribution is -0.114. The van der Waals surface area contributed by atoms with Gasteiger partial charge in [-0.05, 0) is 39.0 Å². The Kier molecular flexibility index (Phi) is 4.17. The van der Waals surface area contributed by atoms with Crippen molar-refractivity contribution in [3.63, 3.8) is 0 Å². The molecule has 1 aliphatic heterocycles. The number of hydrogen-bond acceptors (Lipinski definition) is 3. The van der Waals surface area contributed by atoms with E-state index in [9.17, 15) is 9.59 Å². The molecule has 4 nitrogen and oxygen atoms in total. The fourth-order valence-corrected chi connectivity index (χ4v) is 1.81. The Bertz CT molecular complexity index is 349. The van der Waals surface area contributed by atoms with Crippen LogP contribution >= 0.6 is 0 Å².